The minimum atomic E-state index is -3.81. The first-order valence-electron chi connectivity index (χ1n) is 9.81. The summed E-state index contributed by atoms with van der Waals surface area (Å²) in [7, 11) is -0.493. The zero-order valence-electron chi connectivity index (χ0n) is 17.3. The van der Waals surface area contributed by atoms with Crippen molar-refractivity contribution >= 4 is 27.5 Å². The Bertz CT molecular complexity index is 1110. The van der Waals surface area contributed by atoms with E-state index in [1.165, 1.54) is 31.4 Å². The Kier molecular flexibility index (Phi) is 5.73. The normalized spacial score (nSPS) is 17.0. The highest BCUT2D eigenvalue weighted by Gasteiger charge is 2.22. The van der Waals surface area contributed by atoms with Gasteiger partial charge in [-0.3, -0.25) is 4.79 Å². The van der Waals surface area contributed by atoms with Gasteiger partial charge >= 0.3 is 0 Å². The highest BCUT2D eigenvalue weighted by Crippen LogP contribution is 2.40. The van der Waals surface area contributed by atoms with Crippen molar-refractivity contribution in [2.75, 3.05) is 39.2 Å². The maximum Gasteiger partial charge on any atom is 0.283 e. The number of carbonyl (C=O) groups is 1. The van der Waals surface area contributed by atoms with E-state index in [0.29, 0.717) is 54.0 Å². The zero-order chi connectivity index (χ0) is 22.0. The van der Waals surface area contributed by atoms with Gasteiger partial charge in [-0.05, 0) is 42.8 Å². The first-order chi connectivity index (χ1) is 14.9. The van der Waals surface area contributed by atoms with E-state index < -0.39 is 15.9 Å². The van der Waals surface area contributed by atoms with Crippen LogP contribution in [0.1, 0.15) is 23.2 Å². The van der Waals surface area contributed by atoms with E-state index in [1.54, 1.807) is 12.1 Å². The number of ether oxygens (including phenoxy) is 3. The summed E-state index contributed by atoms with van der Waals surface area (Å²) in [6.45, 7) is 1.59. The van der Waals surface area contributed by atoms with Crippen molar-refractivity contribution in [2.24, 2.45) is 4.40 Å². The van der Waals surface area contributed by atoms with E-state index in [-0.39, 0.29) is 4.90 Å². The molecule has 0 bridgehead atoms. The number of nitrogens with one attached hydrogen (secondary N) is 1. The average molecular weight is 445 g/mol. The number of benzene rings is 2. The number of rotatable bonds is 5. The second kappa shape index (κ2) is 8.46. The van der Waals surface area contributed by atoms with E-state index in [4.69, 9.17) is 14.2 Å². The van der Waals surface area contributed by atoms with Crippen LogP contribution in [-0.4, -0.2) is 59.0 Å². The van der Waals surface area contributed by atoms with Crippen molar-refractivity contribution < 1.29 is 27.4 Å². The third-order valence-electron chi connectivity index (χ3n) is 5.06. The molecule has 2 aliphatic rings. The summed E-state index contributed by atoms with van der Waals surface area (Å²) in [4.78, 5) is 14.6. The molecule has 2 aliphatic heterocycles. The molecule has 4 rings (SSSR count). The summed E-state index contributed by atoms with van der Waals surface area (Å²) < 4.78 is 45.5. The van der Waals surface area contributed by atoms with E-state index in [1.807, 2.05) is 11.9 Å². The molecule has 0 aromatic heterocycles. The number of likely N-dealkylation sites (tertiary alicyclic amines) is 1. The van der Waals surface area contributed by atoms with Crippen LogP contribution in [0.25, 0.3) is 0 Å². The van der Waals surface area contributed by atoms with Gasteiger partial charge in [0.05, 0.1) is 12.0 Å². The molecular formula is C21H23N3O6S. The van der Waals surface area contributed by atoms with Crippen molar-refractivity contribution in [1.29, 1.82) is 0 Å². The fourth-order valence-corrected chi connectivity index (χ4v) is 4.51. The molecule has 9 nitrogen and oxygen atoms in total. The third kappa shape index (κ3) is 4.43. The van der Waals surface area contributed by atoms with Crippen LogP contribution in [-0.2, 0) is 10.0 Å². The fraction of sp³-hybridized carbons (Fsp3) is 0.333. The summed E-state index contributed by atoms with van der Waals surface area (Å²) >= 11 is 0. The topological polar surface area (TPSA) is 107 Å². The van der Waals surface area contributed by atoms with Crippen molar-refractivity contribution in [2.45, 2.75) is 17.7 Å². The third-order valence-corrected chi connectivity index (χ3v) is 6.38. The Hall–Kier alpha value is -3.27. The lowest BCUT2D eigenvalue weighted by atomic mass is 10.1. The molecule has 1 amide bonds. The van der Waals surface area contributed by atoms with Crippen molar-refractivity contribution in [3.63, 3.8) is 0 Å². The van der Waals surface area contributed by atoms with Crippen LogP contribution in [0.5, 0.6) is 17.2 Å². The maximum atomic E-state index is 12.7. The molecule has 0 atom stereocenters. The van der Waals surface area contributed by atoms with Crippen LogP contribution in [0.15, 0.2) is 45.7 Å². The van der Waals surface area contributed by atoms with E-state index in [2.05, 4.69) is 9.71 Å². The molecule has 10 heteroatoms. The van der Waals surface area contributed by atoms with Crippen LogP contribution in [0.3, 0.4) is 0 Å². The summed E-state index contributed by atoms with van der Waals surface area (Å²) in [5.41, 5.74) is 0.775. The number of fused-ring (bicyclic) bond motifs is 1. The summed E-state index contributed by atoms with van der Waals surface area (Å²) in [6.07, 6.45) is 1.53. The molecule has 2 aromatic rings. The molecule has 31 heavy (non-hydrogen) atoms. The largest absolute Gasteiger partial charge is 0.493 e. The minimum absolute atomic E-state index is 0.0688. The van der Waals surface area contributed by atoms with Gasteiger partial charge in [0.2, 0.25) is 5.75 Å². The average Bonchev–Trinajstić information content (AvgIpc) is 3.16. The summed E-state index contributed by atoms with van der Waals surface area (Å²) in [5, 5.41) is 2.75. The Balaban J connectivity index is 1.51. The van der Waals surface area contributed by atoms with Crippen LogP contribution in [0, 0.1) is 0 Å². The van der Waals surface area contributed by atoms with E-state index in [0.717, 1.165) is 13.0 Å². The molecule has 1 N–H and O–H groups in total. The predicted octanol–water partition coefficient (Wildman–Crippen LogP) is 2.53. The van der Waals surface area contributed by atoms with Gasteiger partial charge in [-0.2, -0.15) is 8.42 Å². The number of sulfonamides is 1. The molecule has 1 fully saturated rings. The van der Waals surface area contributed by atoms with Gasteiger partial charge in [0.15, 0.2) is 11.5 Å². The van der Waals surface area contributed by atoms with Gasteiger partial charge in [0, 0.05) is 31.3 Å². The quantitative estimate of drug-likeness (QED) is 0.754. The van der Waals surface area contributed by atoms with Crippen molar-refractivity contribution in [3.05, 3.63) is 42.0 Å². The zero-order valence-corrected chi connectivity index (χ0v) is 18.1. The SMILES string of the molecule is COc1cc(C(=O)Nc2ccc(S(=O)(=O)/N=C3/CCCN3C)cc2)cc2c1OCCO2. The molecule has 164 valence electrons. The minimum Gasteiger partial charge on any atom is -0.493 e. The first-order valence-corrected chi connectivity index (χ1v) is 11.3. The highest BCUT2D eigenvalue weighted by molar-refractivity contribution is 7.90. The number of carbonyl (C=O) groups excluding carboxylic acids is 1. The molecule has 2 aromatic carbocycles. The summed E-state index contributed by atoms with van der Waals surface area (Å²) in [5.74, 6) is 1.48. The molecule has 0 spiro atoms. The first kappa shape index (κ1) is 21.0. The van der Waals surface area contributed by atoms with Gasteiger partial charge < -0.3 is 24.4 Å². The van der Waals surface area contributed by atoms with Gasteiger partial charge in [-0.1, -0.05) is 0 Å². The van der Waals surface area contributed by atoms with E-state index >= 15 is 0 Å². The van der Waals surface area contributed by atoms with Gasteiger partial charge in [0.25, 0.3) is 15.9 Å². The van der Waals surface area contributed by atoms with Crippen LogP contribution in [0.2, 0.25) is 0 Å². The number of amides is 1. The molecule has 2 heterocycles. The predicted molar refractivity (Wildman–Crippen MR) is 115 cm³/mol. The van der Waals surface area contributed by atoms with Gasteiger partial charge in [-0.25, -0.2) is 0 Å². The van der Waals surface area contributed by atoms with Gasteiger partial charge in [0.1, 0.15) is 19.0 Å². The van der Waals surface area contributed by atoms with Crippen molar-refractivity contribution in [1.82, 2.24) is 4.90 Å². The fourth-order valence-electron chi connectivity index (χ4n) is 3.42. The number of hydrogen-bond acceptors (Lipinski definition) is 6. The maximum absolute atomic E-state index is 12.7. The van der Waals surface area contributed by atoms with Gasteiger partial charge in [-0.15, -0.1) is 4.40 Å². The molecule has 1 saturated heterocycles. The molecule has 0 unspecified atom stereocenters. The van der Waals surface area contributed by atoms with Crippen LogP contribution < -0.4 is 19.5 Å². The molecule has 0 radical (unpaired) electrons. The number of methoxy groups -OCH3 is 1. The lowest BCUT2D eigenvalue weighted by Crippen LogP contribution is -2.20. The standard InChI is InChI=1S/C21H23N3O6S/c1-24-9-3-4-19(24)23-31(26,27)16-7-5-15(6-8-16)22-21(25)14-12-17(28-2)20-18(13-14)29-10-11-30-20/h5-8,12-13H,3-4,9-11H2,1-2H3,(H,22,25)/b23-19-. The lowest BCUT2D eigenvalue weighted by Gasteiger charge is -2.21. The second-order valence-electron chi connectivity index (χ2n) is 7.19. The van der Waals surface area contributed by atoms with Crippen LogP contribution >= 0.6 is 0 Å². The Morgan fingerprint density at radius 2 is 1.90 bits per heavy atom. The number of hydrogen-bond donors (Lipinski definition) is 1. The van der Waals surface area contributed by atoms with Crippen molar-refractivity contribution in [3.8, 4) is 17.2 Å². The molecule has 0 saturated carbocycles. The monoisotopic (exact) mass is 445 g/mol. The second-order valence-corrected chi connectivity index (χ2v) is 8.79. The van der Waals surface area contributed by atoms with E-state index in [9.17, 15) is 13.2 Å². The smallest absolute Gasteiger partial charge is 0.283 e. The molecular weight excluding hydrogens is 422 g/mol. The molecule has 0 aliphatic carbocycles. The lowest BCUT2D eigenvalue weighted by molar-refractivity contribution is 0.102. The highest BCUT2D eigenvalue weighted by atomic mass is 32.2. The Labute approximate surface area is 180 Å². The number of anilines is 1. The Morgan fingerprint density at radius 3 is 2.58 bits per heavy atom. The number of nitrogens with zero attached hydrogens (tertiary/aromatic N) is 2. The summed E-state index contributed by atoms with van der Waals surface area (Å²) in [6, 6.07) is 9.05. The van der Waals surface area contributed by atoms with Crippen LogP contribution in [0.4, 0.5) is 5.69 Å². The number of amidine groups is 1. The Morgan fingerprint density at radius 1 is 1.16 bits per heavy atom.